The minimum Gasteiger partial charge on any atom is -0.345 e. The Morgan fingerprint density at radius 3 is 2.81 bits per heavy atom. The molecule has 2 aromatic heterocycles. The third kappa shape index (κ3) is 2.55. The van der Waals surface area contributed by atoms with Crippen molar-refractivity contribution in [1.29, 1.82) is 0 Å². The molecule has 0 aromatic carbocycles. The molecule has 1 aliphatic rings. The van der Waals surface area contributed by atoms with Gasteiger partial charge in [-0.15, -0.1) is 0 Å². The summed E-state index contributed by atoms with van der Waals surface area (Å²) in [6, 6.07) is 1.57. The maximum absolute atomic E-state index is 12.7. The van der Waals surface area contributed by atoms with Crippen molar-refractivity contribution in [2.45, 2.75) is 36.1 Å². The Labute approximate surface area is 128 Å². The summed E-state index contributed by atoms with van der Waals surface area (Å²) >= 11 is 6.12. The normalized spacial score (nSPS) is 18.4. The van der Waals surface area contributed by atoms with E-state index in [0.717, 1.165) is 25.7 Å². The number of pyridine rings is 1. The van der Waals surface area contributed by atoms with Crippen LogP contribution in [0.3, 0.4) is 0 Å². The highest BCUT2D eigenvalue weighted by molar-refractivity contribution is 7.89. The highest BCUT2D eigenvalue weighted by Gasteiger charge is 2.37. The van der Waals surface area contributed by atoms with Gasteiger partial charge in [0, 0.05) is 24.5 Å². The van der Waals surface area contributed by atoms with Crippen LogP contribution in [0, 0.1) is 0 Å². The number of aromatic amines is 1. The molecule has 4 N–H and O–H groups in total. The summed E-state index contributed by atoms with van der Waals surface area (Å²) in [5.41, 5.74) is 5.71. The van der Waals surface area contributed by atoms with Crippen LogP contribution in [-0.2, 0) is 10.0 Å². The summed E-state index contributed by atoms with van der Waals surface area (Å²) in [5.74, 6) is 0. The summed E-state index contributed by atoms with van der Waals surface area (Å²) in [6.45, 7) is 0.292. The van der Waals surface area contributed by atoms with Crippen molar-refractivity contribution in [3.8, 4) is 0 Å². The molecule has 6 nitrogen and oxygen atoms in total. The van der Waals surface area contributed by atoms with Gasteiger partial charge >= 0.3 is 0 Å². The number of fused-ring (bicyclic) bond motifs is 1. The van der Waals surface area contributed by atoms with E-state index in [9.17, 15) is 8.42 Å². The van der Waals surface area contributed by atoms with Gasteiger partial charge in [-0.2, -0.15) is 0 Å². The Morgan fingerprint density at radius 2 is 2.14 bits per heavy atom. The smallest absolute Gasteiger partial charge is 0.243 e. The lowest BCUT2D eigenvalue weighted by Crippen LogP contribution is -2.51. The van der Waals surface area contributed by atoms with Crippen LogP contribution in [0.2, 0.25) is 5.02 Å². The van der Waals surface area contributed by atoms with E-state index in [-0.39, 0.29) is 4.90 Å². The number of sulfonamides is 1. The van der Waals surface area contributed by atoms with E-state index in [1.165, 1.54) is 12.4 Å². The van der Waals surface area contributed by atoms with Crippen molar-refractivity contribution in [1.82, 2.24) is 14.7 Å². The molecule has 1 fully saturated rings. The number of halogens is 1. The second-order valence-electron chi connectivity index (χ2n) is 5.47. The van der Waals surface area contributed by atoms with Crippen molar-refractivity contribution in [2.24, 2.45) is 5.73 Å². The van der Waals surface area contributed by atoms with Gasteiger partial charge in [-0.1, -0.05) is 24.4 Å². The fourth-order valence-corrected chi connectivity index (χ4v) is 4.90. The number of aromatic nitrogens is 2. The van der Waals surface area contributed by atoms with E-state index < -0.39 is 15.6 Å². The van der Waals surface area contributed by atoms with Crippen molar-refractivity contribution < 1.29 is 8.42 Å². The third-order valence-corrected chi connectivity index (χ3v) is 6.00. The van der Waals surface area contributed by atoms with Crippen LogP contribution in [-0.4, -0.2) is 30.5 Å². The van der Waals surface area contributed by atoms with Gasteiger partial charge in [0.25, 0.3) is 0 Å². The predicted molar refractivity (Wildman–Crippen MR) is 81.7 cm³/mol. The van der Waals surface area contributed by atoms with Gasteiger partial charge in [-0.05, 0) is 18.9 Å². The maximum atomic E-state index is 12.7. The number of nitrogens with zero attached hydrogens (tertiary/aromatic N) is 1. The van der Waals surface area contributed by atoms with Gasteiger partial charge in [0.2, 0.25) is 10.0 Å². The number of nitrogens with two attached hydrogens (primary N) is 1. The molecular weight excluding hydrogens is 312 g/mol. The number of nitrogens with one attached hydrogen (secondary N) is 2. The zero-order valence-corrected chi connectivity index (χ0v) is 13.0. The number of hydrogen-bond acceptors (Lipinski definition) is 4. The Hall–Kier alpha value is -1.15. The van der Waals surface area contributed by atoms with Gasteiger partial charge < -0.3 is 10.7 Å². The van der Waals surface area contributed by atoms with Gasteiger partial charge in [-0.3, -0.25) is 0 Å². The number of rotatable bonds is 4. The molecule has 21 heavy (non-hydrogen) atoms. The van der Waals surface area contributed by atoms with Crippen LogP contribution in [0.4, 0.5) is 0 Å². The fraction of sp³-hybridized carbons (Fsp3) is 0.462. The molecule has 114 valence electrons. The van der Waals surface area contributed by atoms with Gasteiger partial charge in [0.05, 0.1) is 10.4 Å². The molecule has 0 radical (unpaired) electrons. The summed E-state index contributed by atoms with van der Waals surface area (Å²) < 4.78 is 28.2. The second-order valence-corrected chi connectivity index (χ2v) is 7.52. The molecule has 8 heteroatoms. The lowest BCUT2D eigenvalue weighted by molar-refractivity contribution is 0.399. The SMILES string of the molecule is NCC1(NS(=O)(=O)c2c[nH]c3nccc(Cl)c23)CCCC1. The predicted octanol–water partition coefficient (Wildman–Crippen LogP) is 1.77. The van der Waals surface area contributed by atoms with E-state index in [1.54, 1.807) is 6.07 Å². The molecule has 1 aliphatic carbocycles. The molecular formula is C13H17ClN4O2S. The quantitative estimate of drug-likeness (QED) is 0.796. The molecule has 0 bridgehead atoms. The first-order valence-electron chi connectivity index (χ1n) is 6.83. The van der Waals surface area contributed by atoms with E-state index in [1.807, 2.05) is 0 Å². The van der Waals surface area contributed by atoms with Gasteiger partial charge in [0.15, 0.2) is 0 Å². The molecule has 2 aromatic rings. The second kappa shape index (κ2) is 5.24. The van der Waals surface area contributed by atoms with Crippen LogP contribution in [0.25, 0.3) is 11.0 Å². The topological polar surface area (TPSA) is 101 Å². The van der Waals surface area contributed by atoms with Crippen LogP contribution < -0.4 is 10.5 Å². The summed E-state index contributed by atoms with van der Waals surface area (Å²) in [6.07, 6.45) is 6.44. The molecule has 2 heterocycles. The third-order valence-electron chi connectivity index (χ3n) is 4.08. The fourth-order valence-electron chi connectivity index (χ4n) is 2.94. The average molecular weight is 329 g/mol. The van der Waals surface area contributed by atoms with E-state index in [2.05, 4.69) is 14.7 Å². The van der Waals surface area contributed by atoms with Crippen molar-refractivity contribution in [3.05, 3.63) is 23.5 Å². The number of hydrogen-bond donors (Lipinski definition) is 3. The van der Waals surface area contributed by atoms with Gasteiger partial charge in [-0.25, -0.2) is 18.1 Å². The summed E-state index contributed by atoms with van der Waals surface area (Å²) in [7, 11) is -3.71. The van der Waals surface area contributed by atoms with E-state index in [0.29, 0.717) is 22.6 Å². The Balaban J connectivity index is 2.05. The van der Waals surface area contributed by atoms with Gasteiger partial charge in [0.1, 0.15) is 10.5 Å². The molecule has 0 spiro atoms. The first-order valence-corrected chi connectivity index (χ1v) is 8.69. The zero-order valence-electron chi connectivity index (χ0n) is 11.4. The molecule has 1 saturated carbocycles. The van der Waals surface area contributed by atoms with E-state index >= 15 is 0 Å². The molecule has 3 rings (SSSR count). The van der Waals surface area contributed by atoms with Crippen LogP contribution in [0.15, 0.2) is 23.4 Å². The maximum Gasteiger partial charge on any atom is 0.243 e. The number of H-pyrrole nitrogens is 1. The first kappa shape index (κ1) is 14.8. The molecule has 0 aliphatic heterocycles. The zero-order chi connectivity index (χ0) is 15.1. The molecule has 0 saturated heterocycles. The van der Waals surface area contributed by atoms with E-state index in [4.69, 9.17) is 17.3 Å². The monoisotopic (exact) mass is 328 g/mol. The van der Waals surface area contributed by atoms with Crippen LogP contribution in [0.1, 0.15) is 25.7 Å². The lowest BCUT2D eigenvalue weighted by atomic mass is 10.0. The van der Waals surface area contributed by atoms with Crippen molar-refractivity contribution >= 4 is 32.7 Å². The average Bonchev–Trinajstić information content (AvgIpc) is 3.06. The Morgan fingerprint density at radius 1 is 1.43 bits per heavy atom. The minimum absolute atomic E-state index is 0.121. The lowest BCUT2D eigenvalue weighted by Gasteiger charge is -2.28. The summed E-state index contributed by atoms with van der Waals surface area (Å²) in [4.78, 5) is 7.05. The molecule has 0 atom stereocenters. The highest BCUT2D eigenvalue weighted by atomic mass is 35.5. The first-order chi connectivity index (χ1) is 9.97. The Kier molecular flexibility index (Phi) is 3.69. The molecule has 0 amide bonds. The standard InChI is InChI=1S/C13H17ClN4O2S/c14-9-3-6-16-12-11(9)10(7-17-12)21(19,20)18-13(8-15)4-1-2-5-13/h3,6-7,18H,1-2,4-5,8,15H2,(H,16,17). The van der Waals surface area contributed by atoms with Crippen LogP contribution >= 0.6 is 11.6 Å². The van der Waals surface area contributed by atoms with Crippen molar-refractivity contribution in [2.75, 3.05) is 6.54 Å². The van der Waals surface area contributed by atoms with Crippen LogP contribution in [0.5, 0.6) is 0 Å². The molecule has 0 unspecified atom stereocenters. The minimum atomic E-state index is -3.71. The largest absolute Gasteiger partial charge is 0.345 e. The highest BCUT2D eigenvalue weighted by Crippen LogP contribution is 2.33. The van der Waals surface area contributed by atoms with Crippen molar-refractivity contribution in [3.63, 3.8) is 0 Å². The summed E-state index contributed by atoms with van der Waals surface area (Å²) in [5, 5.41) is 0.770. The Bertz CT molecular complexity index is 766.